The van der Waals surface area contributed by atoms with E-state index in [1.807, 2.05) is 0 Å². The highest BCUT2D eigenvalue weighted by molar-refractivity contribution is 8.54. The van der Waals surface area contributed by atoms with Crippen molar-refractivity contribution in [3.63, 3.8) is 0 Å². The lowest BCUT2D eigenvalue weighted by molar-refractivity contribution is 0.397. The molecule has 0 fully saturated rings. The van der Waals surface area contributed by atoms with Crippen LogP contribution in [0.1, 0.15) is 0 Å². The van der Waals surface area contributed by atoms with Gasteiger partial charge >= 0.3 is 6.80 Å². The van der Waals surface area contributed by atoms with Crippen molar-refractivity contribution in [3.8, 4) is 0 Å². The van der Waals surface area contributed by atoms with Gasteiger partial charge in [0.15, 0.2) is 0 Å². The maximum absolute atomic E-state index is 10.2. The molecule has 0 radical (unpaired) electrons. The van der Waals surface area contributed by atoms with E-state index >= 15 is 0 Å². The zero-order valence-corrected chi connectivity index (χ0v) is 7.59. The normalized spacial score (nSPS) is 12.6. The highest BCUT2D eigenvalue weighted by atomic mass is 32.7. The molecule has 4 N–H and O–H groups in total. The van der Waals surface area contributed by atoms with Gasteiger partial charge in [-0.25, -0.2) is 4.57 Å². The van der Waals surface area contributed by atoms with Crippen molar-refractivity contribution in [3.05, 3.63) is 0 Å². The van der Waals surface area contributed by atoms with E-state index in [1.54, 1.807) is 0 Å². The molecular formula is C4H11N2O3PS. The fraction of sp³-hybridized carbons (Fsp3) is 0.750. The molecule has 0 spiro atoms. The molecule has 0 amide bonds. The SMILES string of the molecule is NCC=NCCSP(=O)(O)O. The Labute approximate surface area is 69.0 Å². The molecular weight excluding hydrogens is 187 g/mol. The van der Waals surface area contributed by atoms with Crippen molar-refractivity contribution < 1.29 is 14.4 Å². The minimum Gasteiger partial charge on any atom is -0.326 e. The van der Waals surface area contributed by atoms with Crippen molar-refractivity contribution in [2.75, 3.05) is 18.8 Å². The lowest BCUT2D eigenvalue weighted by Gasteiger charge is -1.99. The third-order valence-corrected chi connectivity index (χ3v) is 2.97. The first-order valence-electron chi connectivity index (χ1n) is 2.94. The molecule has 5 nitrogen and oxygen atoms in total. The molecule has 0 aliphatic rings. The van der Waals surface area contributed by atoms with Gasteiger partial charge in [-0.05, 0) is 11.4 Å². The first-order valence-corrected chi connectivity index (χ1v) is 6.15. The Balaban J connectivity index is 3.29. The zero-order valence-electron chi connectivity index (χ0n) is 5.88. The van der Waals surface area contributed by atoms with Gasteiger partial charge in [0.1, 0.15) is 0 Å². The predicted octanol–water partition coefficient (Wildman–Crippen LogP) is -0.158. The number of aliphatic imine (C=N–C) groups is 1. The van der Waals surface area contributed by atoms with Crippen molar-refractivity contribution >= 4 is 24.4 Å². The van der Waals surface area contributed by atoms with Crippen LogP contribution >= 0.6 is 18.2 Å². The van der Waals surface area contributed by atoms with Gasteiger partial charge in [-0.2, -0.15) is 0 Å². The second kappa shape index (κ2) is 5.74. The highest BCUT2D eigenvalue weighted by Crippen LogP contribution is 2.49. The molecule has 0 saturated carbocycles. The van der Waals surface area contributed by atoms with E-state index in [1.165, 1.54) is 6.21 Å². The highest BCUT2D eigenvalue weighted by Gasteiger charge is 2.11. The molecule has 0 atom stereocenters. The molecule has 0 aromatic carbocycles. The van der Waals surface area contributed by atoms with Crippen molar-refractivity contribution in [2.45, 2.75) is 0 Å². The molecule has 0 aliphatic heterocycles. The van der Waals surface area contributed by atoms with Crippen LogP contribution in [-0.4, -0.2) is 34.8 Å². The summed E-state index contributed by atoms with van der Waals surface area (Å²) in [6.07, 6.45) is 1.51. The van der Waals surface area contributed by atoms with Gasteiger partial charge in [-0.1, -0.05) is 0 Å². The van der Waals surface area contributed by atoms with Gasteiger partial charge in [0, 0.05) is 25.1 Å². The Morgan fingerprint density at radius 2 is 2.27 bits per heavy atom. The van der Waals surface area contributed by atoms with E-state index in [2.05, 4.69) is 4.99 Å². The summed E-state index contributed by atoms with van der Waals surface area (Å²) in [7, 11) is 0. The first-order chi connectivity index (χ1) is 5.06. The Kier molecular flexibility index (Phi) is 5.81. The summed E-state index contributed by atoms with van der Waals surface area (Å²) in [4.78, 5) is 20.5. The summed E-state index contributed by atoms with van der Waals surface area (Å²) in [5.41, 5.74) is 5.09. The van der Waals surface area contributed by atoms with Crippen LogP contribution in [0.15, 0.2) is 4.99 Å². The molecule has 0 bridgehead atoms. The van der Waals surface area contributed by atoms with E-state index in [9.17, 15) is 4.57 Å². The average Bonchev–Trinajstić information content (AvgIpc) is 1.85. The van der Waals surface area contributed by atoms with E-state index in [0.717, 1.165) is 0 Å². The molecule has 0 aliphatic carbocycles. The molecule has 11 heavy (non-hydrogen) atoms. The summed E-state index contributed by atoms with van der Waals surface area (Å²) in [6, 6.07) is 0. The quantitative estimate of drug-likeness (QED) is 0.324. The van der Waals surface area contributed by atoms with Crippen LogP contribution in [0.25, 0.3) is 0 Å². The third kappa shape index (κ3) is 10.1. The minimum atomic E-state index is -3.90. The Bertz CT molecular complexity index is 169. The molecule has 66 valence electrons. The Morgan fingerprint density at radius 1 is 1.64 bits per heavy atom. The van der Waals surface area contributed by atoms with E-state index in [4.69, 9.17) is 15.5 Å². The predicted molar refractivity (Wildman–Crippen MR) is 46.9 cm³/mol. The third-order valence-electron chi connectivity index (χ3n) is 0.714. The molecule has 0 heterocycles. The zero-order chi connectivity index (χ0) is 8.74. The molecule has 0 rings (SSSR count). The summed E-state index contributed by atoms with van der Waals surface area (Å²) in [6.45, 7) is -3.15. The summed E-state index contributed by atoms with van der Waals surface area (Å²) >= 11 is 0.596. The summed E-state index contributed by atoms with van der Waals surface area (Å²) in [5, 5.41) is 0. The van der Waals surface area contributed by atoms with Crippen molar-refractivity contribution in [1.29, 1.82) is 0 Å². The number of nitrogens with zero attached hydrogens (tertiary/aromatic N) is 1. The molecule has 7 heteroatoms. The summed E-state index contributed by atoms with van der Waals surface area (Å²) in [5.74, 6) is 0.320. The first kappa shape index (κ1) is 11.1. The summed E-state index contributed by atoms with van der Waals surface area (Å²) < 4.78 is 10.2. The van der Waals surface area contributed by atoms with Gasteiger partial charge in [0.2, 0.25) is 0 Å². The van der Waals surface area contributed by atoms with Crippen LogP contribution in [-0.2, 0) is 4.57 Å². The lowest BCUT2D eigenvalue weighted by atomic mass is 10.7. The Hall–Kier alpha value is 0.130. The molecule has 0 unspecified atom stereocenters. The van der Waals surface area contributed by atoms with E-state index < -0.39 is 6.80 Å². The maximum Gasteiger partial charge on any atom is 0.384 e. The minimum absolute atomic E-state index is 0.320. The van der Waals surface area contributed by atoms with Gasteiger partial charge in [0.25, 0.3) is 0 Å². The number of hydrogen-bond donors (Lipinski definition) is 3. The second-order valence-electron chi connectivity index (χ2n) is 1.65. The van der Waals surface area contributed by atoms with Gasteiger partial charge < -0.3 is 15.5 Å². The van der Waals surface area contributed by atoms with Gasteiger partial charge in [-0.15, -0.1) is 0 Å². The van der Waals surface area contributed by atoms with E-state index in [0.29, 0.717) is 30.2 Å². The topological polar surface area (TPSA) is 95.9 Å². The van der Waals surface area contributed by atoms with Crippen LogP contribution in [0.3, 0.4) is 0 Å². The fourth-order valence-corrected chi connectivity index (χ4v) is 1.76. The number of rotatable bonds is 5. The van der Waals surface area contributed by atoms with Gasteiger partial charge in [0.05, 0.1) is 0 Å². The van der Waals surface area contributed by atoms with Crippen LogP contribution in [0, 0.1) is 0 Å². The van der Waals surface area contributed by atoms with Crippen molar-refractivity contribution in [1.82, 2.24) is 0 Å². The molecule has 0 saturated heterocycles. The van der Waals surface area contributed by atoms with Crippen LogP contribution in [0.2, 0.25) is 0 Å². The smallest absolute Gasteiger partial charge is 0.326 e. The largest absolute Gasteiger partial charge is 0.384 e. The van der Waals surface area contributed by atoms with Crippen molar-refractivity contribution in [2.24, 2.45) is 10.7 Å². The fourth-order valence-electron chi connectivity index (χ4n) is 0.378. The second-order valence-corrected chi connectivity index (χ2v) is 5.50. The van der Waals surface area contributed by atoms with Crippen LogP contribution in [0.5, 0.6) is 0 Å². The standard InChI is InChI=1S/C4H11N2O3PS/c5-1-2-6-3-4-11-10(7,8)9/h2H,1,3-5H2,(H2,7,8,9). The molecule has 0 aromatic heterocycles. The average molecular weight is 198 g/mol. The van der Waals surface area contributed by atoms with E-state index in [-0.39, 0.29) is 0 Å². The maximum atomic E-state index is 10.2. The number of nitrogens with two attached hydrogens (primary N) is 1. The Morgan fingerprint density at radius 3 is 2.73 bits per heavy atom. The molecule has 0 aromatic rings. The van der Waals surface area contributed by atoms with Gasteiger partial charge in [-0.3, -0.25) is 4.99 Å². The number of hydrogen-bond acceptors (Lipinski definition) is 4. The van der Waals surface area contributed by atoms with Crippen LogP contribution in [0.4, 0.5) is 0 Å². The van der Waals surface area contributed by atoms with Crippen LogP contribution < -0.4 is 5.73 Å². The lowest BCUT2D eigenvalue weighted by Crippen LogP contribution is -2.00. The monoisotopic (exact) mass is 198 g/mol.